The molecule has 0 radical (unpaired) electrons. The van der Waals surface area contributed by atoms with Gasteiger partial charge < -0.3 is 4.74 Å². The molecule has 0 fully saturated rings. The Hall–Kier alpha value is -2.89. The number of ether oxygens (including phenoxy) is 1. The average molecular weight is 326 g/mol. The van der Waals surface area contributed by atoms with E-state index in [0.29, 0.717) is 18.8 Å². The average Bonchev–Trinajstić information content (AvgIpc) is 2.61. The highest BCUT2D eigenvalue weighted by atomic mass is 19.1. The van der Waals surface area contributed by atoms with Crippen molar-refractivity contribution in [1.29, 1.82) is 0 Å². The van der Waals surface area contributed by atoms with Crippen LogP contribution in [0, 0.1) is 5.82 Å². The van der Waals surface area contributed by atoms with E-state index >= 15 is 0 Å². The minimum Gasteiger partial charge on any atom is -0.494 e. The summed E-state index contributed by atoms with van der Waals surface area (Å²) in [5.41, 5.74) is 2.58. The van der Waals surface area contributed by atoms with Crippen LogP contribution in [0.5, 0.6) is 5.75 Å². The van der Waals surface area contributed by atoms with E-state index in [1.165, 1.54) is 13.2 Å². The molecular formula is C18H19FN4O. The highest BCUT2D eigenvalue weighted by Crippen LogP contribution is 2.20. The van der Waals surface area contributed by atoms with Crippen LogP contribution in [0.3, 0.4) is 0 Å². The minimum absolute atomic E-state index is 0.214. The number of allylic oxidation sites excluding steroid dienone is 1. The highest BCUT2D eigenvalue weighted by Gasteiger charge is 2.08. The number of benzene rings is 1. The predicted octanol–water partition coefficient (Wildman–Crippen LogP) is 3.41. The van der Waals surface area contributed by atoms with E-state index in [4.69, 9.17) is 4.74 Å². The number of methoxy groups -OCH3 is 1. The summed E-state index contributed by atoms with van der Waals surface area (Å²) in [4.78, 5) is 16.6. The Morgan fingerprint density at radius 3 is 2.75 bits per heavy atom. The van der Waals surface area contributed by atoms with Crippen LogP contribution < -0.4 is 4.74 Å². The van der Waals surface area contributed by atoms with Gasteiger partial charge in [0.25, 0.3) is 0 Å². The lowest BCUT2D eigenvalue weighted by Gasteiger charge is -2.09. The normalized spacial score (nSPS) is 12.1. The second-order valence-electron chi connectivity index (χ2n) is 5.05. The van der Waals surface area contributed by atoms with Gasteiger partial charge in [-0.3, -0.25) is 9.98 Å². The zero-order valence-electron chi connectivity index (χ0n) is 13.7. The molecule has 0 aliphatic heterocycles. The molecule has 24 heavy (non-hydrogen) atoms. The van der Waals surface area contributed by atoms with Gasteiger partial charge in [-0.1, -0.05) is 6.07 Å². The van der Waals surface area contributed by atoms with Crippen LogP contribution in [0.15, 0.2) is 58.4 Å². The minimum atomic E-state index is -0.389. The zero-order valence-corrected chi connectivity index (χ0v) is 13.7. The van der Waals surface area contributed by atoms with Crippen molar-refractivity contribution in [3.63, 3.8) is 0 Å². The van der Waals surface area contributed by atoms with Crippen LogP contribution in [-0.4, -0.2) is 29.5 Å². The van der Waals surface area contributed by atoms with Gasteiger partial charge in [-0.2, -0.15) is 0 Å². The van der Waals surface area contributed by atoms with E-state index in [1.807, 2.05) is 6.92 Å². The third kappa shape index (κ3) is 4.81. The number of rotatable bonds is 7. The molecule has 0 atom stereocenters. The van der Waals surface area contributed by atoms with Crippen molar-refractivity contribution in [2.75, 3.05) is 7.11 Å². The fourth-order valence-electron chi connectivity index (χ4n) is 2.11. The molecule has 0 N–H and O–H groups in total. The number of aromatic nitrogens is 2. The van der Waals surface area contributed by atoms with Crippen LogP contribution in [0.4, 0.5) is 4.39 Å². The van der Waals surface area contributed by atoms with E-state index < -0.39 is 0 Å². The number of halogens is 1. The number of hydrogen-bond donors (Lipinski definition) is 0. The van der Waals surface area contributed by atoms with Crippen molar-refractivity contribution in [3.8, 4) is 5.75 Å². The van der Waals surface area contributed by atoms with Crippen LogP contribution in [0.2, 0.25) is 0 Å². The SMILES string of the molecule is C=N/C=C(/Cc1ccc(F)c(OC)c1)C(C)=NCc1ncccn1. The van der Waals surface area contributed by atoms with Gasteiger partial charge in [-0.15, -0.1) is 0 Å². The summed E-state index contributed by atoms with van der Waals surface area (Å²) in [7, 11) is 1.44. The summed E-state index contributed by atoms with van der Waals surface area (Å²) < 4.78 is 18.5. The molecule has 2 rings (SSSR count). The van der Waals surface area contributed by atoms with Crippen molar-refractivity contribution >= 4 is 12.4 Å². The Labute approximate surface area is 140 Å². The third-order valence-corrected chi connectivity index (χ3v) is 3.40. The van der Waals surface area contributed by atoms with Gasteiger partial charge >= 0.3 is 0 Å². The largest absolute Gasteiger partial charge is 0.494 e. The molecule has 0 bridgehead atoms. The second-order valence-corrected chi connectivity index (χ2v) is 5.05. The summed E-state index contributed by atoms with van der Waals surface area (Å²) in [5.74, 6) is 0.470. The lowest BCUT2D eigenvalue weighted by atomic mass is 10.0. The molecule has 1 aromatic heterocycles. The lowest BCUT2D eigenvalue weighted by molar-refractivity contribution is 0.386. The first kappa shape index (κ1) is 17.5. The molecule has 0 saturated carbocycles. The smallest absolute Gasteiger partial charge is 0.165 e. The lowest BCUT2D eigenvalue weighted by Crippen LogP contribution is -2.04. The van der Waals surface area contributed by atoms with E-state index in [-0.39, 0.29) is 11.6 Å². The Balaban J connectivity index is 2.17. The Morgan fingerprint density at radius 1 is 1.33 bits per heavy atom. The van der Waals surface area contributed by atoms with Gasteiger partial charge in [0, 0.05) is 30.7 Å². The van der Waals surface area contributed by atoms with E-state index in [0.717, 1.165) is 16.8 Å². The molecule has 1 heterocycles. The third-order valence-electron chi connectivity index (χ3n) is 3.40. The van der Waals surface area contributed by atoms with Crippen molar-refractivity contribution in [2.24, 2.45) is 9.98 Å². The van der Waals surface area contributed by atoms with Gasteiger partial charge in [-0.25, -0.2) is 14.4 Å². The molecule has 0 spiro atoms. The summed E-state index contributed by atoms with van der Waals surface area (Å²) in [6, 6.07) is 6.52. The monoisotopic (exact) mass is 326 g/mol. The fourth-order valence-corrected chi connectivity index (χ4v) is 2.11. The first-order valence-corrected chi connectivity index (χ1v) is 7.38. The summed E-state index contributed by atoms with van der Waals surface area (Å²) in [5, 5.41) is 0. The quantitative estimate of drug-likeness (QED) is 0.733. The Kier molecular flexibility index (Phi) is 6.31. The standard InChI is InChI=1S/C18H19FN4O/c1-13(23-12-18-21-7-4-8-22-18)15(11-20-2)9-14-5-6-16(19)17(10-14)24-3/h4-8,10-11H,2,9,12H2,1,3H3/b15-11-,23-13?. The molecule has 2 aromatic rings. The molecule has 0 aliphatic rings. The first-order chi connectivity index (χ1) is 11.6. The maximum absolute atomic E-state index is 13.5. The van der Waals surface area contributed by atoms with Crippen LogP contribution in [-0.2, 0) is 13.0 Å². The van der Waals surface area contributed by atoms with Gasteiger partial charge in [0.05, 0.1) is 13.7 Å². The van der Waals surface area contributed by atoms with E-state index in [1.54, 1.807) is 36.8 Å². The van der Waals surface area contributed by atoms with Crippen LogP contribution in [0.1, 0.15) is 18.3 Å². The molecule has 0 amide bonds. The van der Waals surface area contributed by atoms with E-state index in [9.17, 15) is 4.39 Å². The number of aliphatic imine (C=N–C) groups is 2. The topological polar surface area (TPSA) is 59.7 Å². The second kappa shape index (κ2) is 8.67. The molecular weight excluding hydrogens is 307 g/mol. The van der Waals surface area contributed by atoms with E-state index in [2.05, 4.69) is 26.7 Å². The number of hydrogen-bond acceptors (Lipinski definition) is 5. The van der Waals surface area contributed by atoms with Gasteiger partial charge in [0.15, 0.2) is 11.6 Å². The maximum Gasteiger partial charge on any atom is 0.165 e. The Bertz CT molecular complexity index is 757. The van der Waals surface area contributed by atoms with Crippen molar-refractivity contribution in [1.82, 2.24) is 9.97 Å². The van der Waals surface area contributed by atoms with Gasteiger partial charge in [0.1, 0.15) is 5.82 Å². The summed E-state index contributed by atoms with van der Waals surface area (Å²) in [6.07, 6.45) is 5.56. The van der Waals surface area contributed by atoms with Crippen molar-refractivity contribution in [3.05, 3.63) is 65.6 Å². The van der Waals surface area contributed by atoms with Gasteiger partial charge in [-0.05, 0) is 43.0 Å². The predicted molar refractivity (Wildman–Crippen MR) is 93.1 cm³/mol. The van der Waals surface area contributed by atoms with Crippen molar-refractivity contribution < 1.29 is 9.13 Å². The maximum atomic E-state index is 13.5. The molecule has 1 aromatic carbocycles. The fraction of sp³-hybridized carbons (Fsp3) is 0.222. The summed E-state index contributed by atoms with van der Waals surface area (Å²) >= 11 is 0. The molecule has 5 nitrogen and oxygen atoms in total. The molecule has 6 heteroatoms. The Morgan fingerprint density at radius 2 is 2.08 bits per heavy atom. The highest BCUT2D eigenvalue weighted by molar-refractivity contribution is 5.98. The van der Waals surface area contributed by atoms with Crippen molar-refractivity contribution in [2.45, 2.75) is 19.9 Å². The molecule has 0 unspecified atom stereocenters. The molecule has 0 aliphatic carbocycles. The first-order valence-electron chi connectivity index (χ1n) is 7.38. The number of nitrogens with zero attached hydrogens (tertiary/aromatic N) is 4. The molecule has 0 saturated heterocycles. The van der Waals surface area contributed by atoms with Gasteiger partial charge in [0.2, 0.25) is 0 Å². The molecule has 124 valence electrons. The van der Waals surface area contributed by atoms with Crippen LogP contribution >= 0.6 is 0 Å². The zero-order chi connectivity index (χ0) is 17.4. The van der Waals surface area contributed by atoms with Crippen LogP contribution in [0.25, 0.3) is 0 Å². The summed E-state index contributed by atoms with van der Waals surface area (Å²) in [6.45, 7) is 5.77.